The van der Waals surface area contributed by atoms with Gasteiger partial charge in [0, 0.05) is 21.5 Å². The van der Waals surface area contributed by atoms with E-state index in [1.54, 1.807) is 0 Å². The van der Waals surface area contributed by atoms with Crippen molar-refractivity contribution in [3.05, 3.63) is 27.3 Å². The minimum absolute atomic E-state index is 0.00862. The molecule has 2 heterocycles. The predicted molar refractivity (Wildman–Crippen MR) is 80.8 cm³/mol. The van der Waals surface area contributed by atoms with E-state index in [0.29, 0.717) is 10.9 Å². The Morgan fingerprint density at radius 1 is 1.42 bits per heavy atom. The van der Waals surface area contributed by atoms with Crippen molar-refractivity contribution < 1.29 is 4.74 Å². The van der Waals surface area contributed by atoms with Crippen molar-refractivity contribution in [1.82, 2.24) is 9.78 Å². The first kappa shape index (κ1) is 13.7. The van der Waals surface area contributed by atoms with Crippen molar-refractivity contribution in [1.29, 1.82) is 0 Å². The number of hydrogen-bond donors (Lipinski definition) is 0. The van der Waals surface area contributed by atoms with E-state index in [4.69, 9.17) is 27.9 Å². The lowest BCUT2D eigenvalue weighted by molar-refractivity contribution is -0.0369. The molecule has 6 heteroatoms. The fraction of sp³-hybridized carbons (Fsp3) is 0.462. The summed E-state index contributed by atoms with van der Waals surface area (Å²) < 4.78 is 8.68. The van der Waals surface area contributed by atoms with Crippen molar-refractivity contribution in [2.75, 3.05) is 6.61 Å². The molecule has 102 valence electrons. The smallest absolute Gasteiger partial charge is 0.150 e. The van der Waals surface area contributed by atoms with Crippen LogP contribution in [0.2, 0.25) is 5.02 Å². The van der Waals surface area contributed by atoms with E-state index in [1.165, 1.54) is 0 Å². The largest absolute Gasteiger partial charge is 0.356 e. The lowest BCUT2D eigenvalue weighted by Gasteiger charge is -2.23. The van der Waals surface area contributed by atoms with E-state index in [1.807, 2.05) is 16.8 Å². The van der Waals surface area contributed by atoms with E-state index in [2.05, 4.69) is 21.0 Å². The Labute approximate surface area is 129 Å². The Balaban J connectivity index is 2.18. The van der Waals surface area contributed by atoms with Gasteiger partial charge in [0.05, 0.1) is 17.1 Å². The molecule has 1 atom stereocenters. The highest BCUT2D eigenvalue weighted by atomic mass is 79.9. The van der Waals surface area contributed by atoms with E-state index < -0.39 is 0 Å². The van der Waals surface area contributed by atoms with Crippen LogP contribution in [0.15, 0.2) is 16.6 Å². The van der Waals surface area contributed by atoms with Gasteiger partial charge in [0.2, 0.25) is 0 Å². The number of fused-ring (bicyclic) bond motifs is 1. The number of rotatable bonds is 2. The van der Waals surface area contributed by atoms with Gasteiger partial charge in [-0.15, -0.1) is 11.6 Å². The molecule has 0 aliphatic carbocycles. The molecule has 19 heavy (non-hydrogen) atoms. The maximum atomic E-state index is 6.11. The molecule has 0 saturated carbocycles. The highest BCUT2D eigenvalue weighted by Crippen LogP contribution is 2.35. The lowest BCUT2D eigenvalue weighted by atomic mass is 10.2. The number of ether oxygens (including phenoxy) is 1. The Morgan fingerprint density at radius 2 is 2.26 bits per heavy atom. The first-order valence-corrected chi connectivity index (χ1v) is 7.95. The van der Waals surface area contributed by atoms with Gasteiger partial charge in [0.25, 0.3) is 0 Å². The van der Waals surface area contributed by atoms with Crippen LogP contribution in [-0.4, -0.2) is 16.4 Å². The number of aromatic nitrogens is 2. The number of alkyl halides is 1. The molecular formula is C13H13BrCl2N2O. The van der Waals surface area contributed by atoms with Gasteiger partial charge in [-0.05, 0) is 47.3 Å². The third-order valence-electron chi connectivity index (χ3n) is 3.35. The van der Waals surface area contributed by atoms with Crippen molar-refractivity contribution in [2.45, 2.75) is 31.4 Å². The van der Waals surface area contributed by atoms with Gasteiger partial charge in [-0.1, -0.05) is 11.6 Å². The summed E-state index contributed by atoms with van der Waals surface area (Å²) in [6.07, 6.45) is 3.25. The molecule has 1 fully saturated rings. The van der Waals surface area contributed by atoms with Crippen LogP contribution in [0.25, 0.3) is 10.9 Å². The molecule has 3 nitrogen and oxygen atoms in total. The van der Waals surface area contributed by atoms with Gasteiger partial charge < -0.3 is 4.74 Å². The van der Waals surface area contributed by atoms with Crippen LogP contribution >= 0.6 is 39.1 Å². The molecule has 1 aliphatic heterocycles. The number of hydrogen-bond acceptors (Lipinski definition) is 2. The second-order valence-electron chi connectivity index (χ2n) is 4.63. The molecule has 1 unspecified atom stereocenters. The van der Waals surface area contributed by atoms with Gasteiger partial charge in [-0.25, -0.2) is 4.68 Å². The summed E-state index contributed by atoms with van der Waals surface area (Å²) in [7, 11) is 0. The van der Waals surface area contributed by atoms with Gasteiger partial charge in [-0.3, -0.25) is 0 Å². The van der Waals surface area contributed by atoms with Crippen LogP contribution in [0.1, 0.15) is 31.2 Å². The summed E-state index contributed by atoms with van der Waals surface area (Å²) in [6, 6.07) is 3.79. The lowest BCUT2D eigenvalue weighted by Crippen LogP contribution is -2.19. The zero-order valence-corrected chi connectivity index (χ0v) is 13.3. The summed E-state index contributed by atoms with van der Waals surface area (Å²) >= 11 is 15.7. The summed E-state index contributed by atoms with van der Waals surface area (Å²) in [4.78, 5) is 0. The monoisotopic (exact) mass is 362 g/mol. The zero-order valence-electron chi connectivity index (χ0n) is 10.2. The van der Waals surface area contributed by atoms with Crippen LogP contribution in [0.4, 0.5) is 0 Å². The molecule has 1 saturated heterocycles. The molecule has 0 N–H and O–H groups in total. The molecule has 1 aliphatic rings. The van der Waals surface area contributed by atoms with Gasteiger partial charge in [0.1, 0.15) is 0 Å². The maximum Gasteiger partial charge on any atom is 0.150 e. The van der Waals surface area contributed by atoms with E-state index >= 15 is 0 Å². The predicted octanol–water partition coefficient (Wildman–Crippen LogP) is 4.89. The third-order valence-corrected chi connectivity index (χ3v) is 4.43. The minimum Gasteiger partial charge on any atom is -0.356 e. The molecule has 0 bridgehead atoms. The average molecular weight is 364 g/mol. The van der Waals surface area contributed by atoms with Crippen LogP contribution in [0.3, 0.4) is 0 Å². The molecular weight excluding hydrogens is 351 g/mol. The van der Waals surface area contributed by atoms with E-state index in [-0.39, 0.29) is 6.23 Å². The second-order valence-corrected chi connectivity index (χ2v) is 6.19. The van der Waals surface area contributed by atoms with E-state index in [9.17, 15) is 0 Å². The molecule has 1 aromatic carbocycles. The highest BCUT2D eigenvalue weighted by molar-refractivity contribution is 9.10. The van der Waals surface area contributed by atoms with Crippen molar-refractivity contribution in [3.8, 4) is 0 Å². The summed E-state index contributed by atoms with van der Waals surface area (Å²) in [5.74, 6) is 0.364. The Morgan fingerprint density at radius 3 is 2.95 bits per heavy atom. The van der Waals surface area contributed by atoms with E-state index in [0.717, 1.165) is 46.9 Å². The molecule has 1 aromatic heterocycles. The van der Waals surface area contributed by atoms with Crippen LogP contribution in [-0.2, 0) is 10.6 Å². The number of nitrogens with zero attached hydrogens (tertiary/aromatic N) is 2. The Kier molecular flexibility index (Phi) is 4.03. The summed E-state index contributed by atoms with van der Waals surface area (Å²) in [6.45, 7) is 0.785. The summed E-state index contributed by atoms with van der Waals surface area (Å²) in [5.41, 5.74) is 1.85. The van der Waals surface area contributed by atoms with Crippen LogP contribution < -0.4 is 0 Å². The second kappa shape index (κ2) is 5.60. The molecule has 0 amide bonds. The fourth-order valence-corrected chi connectivity index (χ4v) is 3.67. The molecule has 0 radical (unpaired) electrons. The zero-order chi connectivity index (χ0) is 13.4. The first-order valence-electron chi connectivity index (χ1n) is 6.24. The Hall–Kier alpha value is -0.290. The number of halogens is 3. The SMILES string of the molecule is ClCc1nn(C2CCCCO2)c2c(Br)cc(Cl)cc12. The molecule has 3 rings (SSSR count). The third kappa shape index (κ3) is 2.51. The Bertz CT molecular complexity index is 608. The first-order chi connectivity index (χ1) is 9.20. The molecule has 0 spiro atoms. The number of benzene rings is 1. The standard InChI is InChI=1S/C13H13BrCl2N2O/c14-10-6-8(16)5-9-11(7-15)17-18(13(9)10)12-3-1-2-4-19-12/h5-6,12H,1-4,7H2. The van der Waals surface area contributed by atoms with Crippen molar-refractivity contribution in [2.24, 2.45) is 0 Å². The van der Waals surface area contributed by atoms with Gasteiger partial charge in [-0.2, -0.15) is 5.10 Å². The summed E-state index contributed by atoms with van der Waals surface area (Å²) in [5, 5.41) is 6.27. The van der Waals surface area contributed by atoms with Gasteiger partial charge in [0.15, 0.2) is 6.23 Å². The maximum absolute atomic E-state index is 6.11. The van der Waals surface area contributed by atoms with Crippen molar-refractivity contribution >= 4 is 50.0 Å². The quantitative estimate of drug-likeness (QED) is 0.710. The van der Waals surface area contributed by atoms with Crippen molar-refractivity contribution in [3.63, 3.8) is 0 Å². The fourth-order valence-electron chi connectivity index (χ4n) is 2.48. The normalized spacial score (nSPS) is 20.1. The van der Waals surface area contributed by atoms with Gasteiger partial charge >= 0.3 is 0 Å². The van der Waals surface area contributed by atoms with Crippen LogP contribution in [0, 0.1) is 0 Å². The van der Waals surface area contributed by atoms with Crippen LogP contribution in [0.5, 0.6) is 0 Å². The molecule has 2 aromatic rings. The average Bonchev–Trinajstić information content (AvgIpc) is 2.78. The minimum atomic E-state index is -0.00862. The topological polar surface area (TPSA) is 27.1 Å². The highest BCUT2D eigenvalue weighted by Gasteiger charge is 2.22.